The Bertz CT molecular complexity index is 544. The highest BCUT2D eigenvalue weighted by molar-refractivity contribution is 7.89. The third kappa shape index (κ3) is 3.28. The minimum Gasteiger partial charge on any atom is -0.383 e. The Labute approximate surface area is 120 Å². The van der Waals surface area contributed by atoms with E-state index in [9.17, 15) is 8.42 Å². The van der Waals surface area contributed by atoms with Crippen LogP contribution in [0.5, 0.6) is 0 Å². The van der Waals surface area contributed by atoms with Crippen molar-refractivity contribution in [3.05, 3.63) is 18.3 Å². The number of ether oxygens (including phenoxy) is 1. The second-order valence-electron chi connectivity index (χ2n) is 4.73. The van der Waals surface area contributed by atoms with Gasteiger partial charge in [-0.25, -0.2) is 13.4 Å². The van der Waals surface area contributed by atoms with Gasteiger partial charge in [0.2, 0.25) is 0 Å². The summed E-state index contributed by atoms with van der Waals surface area (Å²) in [5.74, 6) is 0. The van der Waals surface area contributed by atoms with Crippen LogP contribution in [0.15, 0.2) is 23.4 Å². The van der Waals surface area contributed by atoms with Crippen LogP contribution in [0.3, 0.4) is 0 Å². The minimum atomic E-state index is -3.58. The smallest absolute Gasteiger partial charge is 0.262 e. The molecule has 6 nitrogen and oxygen atoms in total. The molecule has 1 aromatic heterocycles. The van der Waals surface area contributed by atoms with E-state index in [4.69, 9.17) is 4.74 Å². The largest absolute Gasteiger partial charge is 0.383 e. The number of nitrogens with zero attached hydrogens (tertiary/aromatic N) is 2. The van der Waals surface area contributed by atoms with Crippen molar-refractivity contribution in [1.29, 1.82) is 0 Å². The van der Waals surface area contributed by atoms with Gasteiger partial charge in [0.1, 0.15) is 0 Å². The number of anilines is 1. The standard InChI is InChI=1S/C13H21N3O3S/c1-3-14-12-5-4-8-15-13(12)20(17,18)16(9-10-19-2)11-6-7-11/h4-5,8,11,14H,3,6-7,9-10H2,1-2H3. The van der Waals surface area contributed by atoms with Gasteiger partial charge in [-0.3, -0.25) is 0 Å². The summed E-state index contributed by atoms with van der Waals surface area (Å²) in [4.78, 5) is 4.08. The highest BCUT2D eigenvalue weighted by Crippen LogP contribution is 2.33. The van der Waals surface area contributed by atoms with Gasteiger partial charge >= 0.3 is 0 Å². The number of hydrogen-bond donors (Lipinski definition) is 1. The van der Waals surface area contributed by atoms with Gasteiger partial charge in [0.15, 0.2) is 5.03 Å². The second-order valence-corrected chi connectivity index (χ2v) is 6.53. The maximum absolute atomic E-state index is 12.8. The van der Waals surface area contributed by atoms with Gasteiger partial charge in [-0.05, 0) is 31.9 Å². The summed E-state index contributed by atoms with van der Waals surface area (Å²) in [6, 6.07) is 3.56. The van der Waals surface area contributed by atoms with E-state index in [1.54, 1.807) is 19.2 Å². The van der Waals surface area contributed by atoms with E-state index in [1.165, 1.54) is 10.5 Å². The zero-order chi connectivity index (χ0) is 14.6. The Kier molecular flexibility index (Phi) is 4.95. The summed E-state index contributed by atoms with van der Waals surface area (Å²) in [5.41, 5.74) is 0.554. The molecular formula is C13H21N3O3S. The normalized spacial score (nSPS) is 15.6. The number of sulfonamides is 1. The Morgan fingerprint density at radius 1 is 1.50 bits per heavy atom. The highest BCUT2D eigenvalue weighted by atomic mass is 32.2. The molecular weight excluding hydrogens is 278 g/mol. The highest BCUT2D eigenvalue weighted by Gasteiger charge is 2.39. The van der Waals surface area contributed by atoms with E-state index in [0.29, 0.717) is 25.4 Å². The van der Waals surface area contributed by atoms with E-state index >= 15 is 0 Å². The molecule has 0 bridgehead atoms. The quantitative estimate of drug-likeness (QED) is 0.783. The van der Waals surface area contributed by atoms with Crippen LogP contribution in [-0.2, 0) is 14.8 Å². The second kappa shape index (κ2) is 6.51. The zero-order valence-electron chi connectivity index (χ0n) is 11.9. The maximum Gasteiger partial charge on any atom is 0.262 e. The summed E-state index contributed by atoms with van der Waals surface area (Å²) in [6.07, 6.45) is 3.33. The van der Waals surface area contributed by atoms with Crippen molar-refractivity contribution in [1.82, 2.24) is 9.29 Å². The average Bonchev–Trinajstić information content (AvgIpc) is 3.24. The van der Waals surface area contributed by atoms with Crippen LogP contribution in [0, 0.1) is 0 Å². The van der Waals surface area contributed by atoms with Crippen molar-refractivity contribution >= 4 is 15.7 Å². The van der Waals surface area contributed by atoms with Gasteiger partial charge < -0.3 is 10.1 Å². The predicted octanol–water partition coefficient (Wildman–Crippen LogP) is 1.31. The van der Waals surface area contributed by atoms with Crippen LogP contribution in [-0.4, -0.2) is 50.6 Å². The summed E-state index contributed by atoms with van der Waals surface area (Å²) in [6.45, 7) is 3.33. The van der Waals surface area contributed by atoms with Crippen molar-refractivity contribution < 1.29 is 13.2 Å². The monoisotopic (exact) mass is 299 g/mol. The van der Waals surface area contributed by atoms with Crippen LogP contribution in [0.2, 0.25) is 0 Å². The van der Waals surface area contributed by atoms with Gasteiger partial charge in [0.25, 0.3) is 10.0 Å². The van der Waals surface area contributed by atoms with Crippen LogP contribution in [0.1, 0.15) is 19.8 Å². The number of nitrogens with one attached hydrogen (secondary N) is 1. The fraction of sp³-hybridized carbons (Fsp3) is 0.615. The lowest BCUT2D eigenvalue weighted by molar-refractivity contribution is 0.177. The van der Waals surface area contributed by atoms with E-state index in [2.05, 4.69) is 10.3 Å². The molecule has 0 saturated heterocycles. The fourth-order valence-electron chi connectivity index (χ4n) is 2.08. The first-order valence-corrected chi connectivity index (χ1v) is 8.25. The van der Waals surface area contributed by atoms with Crippen LogP contribution < -0.4 is 5.32 Å². The number of pyridine rings is 1. The Hall–Kier alpha value is -1.18. The molecule has 0 aliphatic heterocycles. The molecule has 1 aliphatic rings. The molecule has 0 amide bonds. The molecule has 112 valence electrons. The molecule has 0 aromatic carbocycles. The summed E-state index contributed by atoms with van der Waals surface area (Å²) in [5, 5.41) is 3.15. The zero-order valence-corrected chi connectivity index (χ0v) is 12.7. The molecule has 7 heteroatoms. The SMILES string of the molecule is CCNc1cccnc1S(=O)(=O)N(CCOC)C1CC1. The summed E-state index contributed by atoms with van der Waals surface area (Å²) >= 11 is 0. The van der Waals surface area contributed by atoms with E-state index in [0.717, 1.165) is 12.8 Å². The van der Waals surface area contributed by atoms with Crippen molar-refractivity contribution in [2.24, 2.45) is 0 Å². The molecule has 1 N–H and O–H groups in total. The molecule has 1 heterocycles. The molecule has 0 atom stereocenters. The first kappa shape index (κ1) is 15.2. The first-order chi connectivity index (χ1) is 9.61. The molecule has 0 unspecified atom stereocenters. The number of rotatable bonds is 8. The van der Waals surface area contributed by atoms with E-state index < -0.39 is 10.0 Å². The van der Waals surface area contributed by atoms with Crippen molar-refractivity contribution in [3.8, 4) is 0 Å². The van der Waals surface area contributed by atoms with Gasteiger partial charge in [0, 0.05) is 32.4 Å². The van der Waals surface area contributed by atoms with Crippen LogP contribution >= 0.6 is 0 Å². The third-order valence-electron chi connectivity index (χ3n) is 3.16. The van der Waals surface area contributed by atoms with Crippen LogP contribution in [0.25, 0.3) is 0 Å². The number of aromatic nitrogens is 1. The first-order valence-electron chi connectivity index (χ1n) is 6.81. The minimum absolute atomic E-state index is 0.0895. The van der Waals surface area contributed by atoms with E-state index in [1.807, 2.05) is 6.92 Å². The summed E-state index contributed by atoms with van der Waals surface area (Å²) < 4.78 is 32.1. The van der Waals surface area contributed by atoms with Crippen molar-refractivity contribution in [2.75, 3.05) is 32.1 Å². The Morgan fingerprint density at radius 2 is 2.25 bits per heavy atom. The lowest BCUT2D eigenvalue weighted by atomic mass is 10.4. The Morgan fingerprint density at radius 3 is 2.85 bits per heavy atom. The van der Waals surface area contributed by atoms with Gasteiger partial charge in [-0.15, -0.1) is 0 Å². The van der Waals surface area contributed by atoms with Crippen molar-refractivity contribution in [2.45, 2.75) is 30.8 Å². The molecule has 0 spiro atoms. The Balaban J connectivity index is 2.32. The van der Waals surface area contributed by atoms with Crippen LogP contribution in [0.4, 0.5) is 5.69 Å². The topological polar surface area (TPSA) is 71.5 Å². The number of hydrogen-bond acceptors (Lipinski definition) is 5. The predicted molar refractivity (Wildman–Crippen MR) is 77.2 cm³/mol. The molecule has 1 saturated carbocycles. The maximum atomic E-state index is 12.8. The van der Waals surface area contributed by atoms with Gasteiger partial charge in [-0.2, -0.15) is 4.31 Å². The average molecular weight is 299 g/mol. The molecule has 20 heavy (non-hydrogen) atoms. The van der Waals surface area contributed by atoms with E-state index in [-0.39, 0.29) is 11.1 Å². The molecule has 0 radical (unpaired) electrons. The lowest BCUT2D eigenvalue weighted by Gasteiger charge is -2.22. The molecule has 2 rings (SSSR count). The lowest BCUT2D eigenvalue weighted by Crippen LogP contribution is -2.36. The number of methoxy groups -OCH3 is 1. The fourth-order valence-corrected chi connectivity index (χ4v) is 3.83. The molecule has 1 fully saturated rings. The van der Waals surface area contributed by atoms with Gasteiger partial charge in [0.05, 0.1) is 12.3 Å². The van der Waals surface area contributed by atoms with Gasteiger partial charge in [-0.1, -0.05) is 0 Å². The summed E-state index contributed by atoms with van der Waals surface area (Å²) in [7, 11) is -2.01. The molecule has 1 aliphatic carbocycles. The van der Waals surface area contributed by atoms with Crippen molar-refractivity contribution in [3.63, 3.8) is 0 Å². The molecule has 1 aromatic rings. The third-order valence-corrected chi connectivity index (χ3v) is 5.07.